The van der Waals surface area contributed by atoms with Crippen molar-refractivity contribution in [2.45, 2.75) is 20.6 Å². The Morgan fingerprint density at radius 3 is 1.12 bits per heavy atom. The van der Waals surface area contributed by atoms with Crippen molar-refractivity contribution in [1.29, 1.82) is 0 Å². The molecule has 0 radical (unpaired) electrons. The molecule has 0 nitrogen and oxygen atoms in total. The summed E-state index contributed by atoms with van der Waals surface area (Å²) in [5.41, 5.74) is -6.87. The summed E-state index contributed by atoms with van der Waals surface area (Å²) in [6.07, 6.45) is 0. The Hall–Kier alpha value is -0.410. The van der Waals surface area contributed by atoms with Gasteiger partial charge in [0.25, 0.3) is 0 Å². The summed E-state index contributed by atoms with van der Waals surface area (Å²) in [6, 6.07) is 0. The fraction of sp³-hybridized carbons (Fsp3) is 0.400. The van der Waals surface area contributed by atoms with Crippen LogP contribution in [0.15, 0.2) is 0 Å². The smallest absolute Gasteiger partial charge is 0.203 e. The minimum Gasteiger partial charge on any atom is -0.203 e. The third kappa shape index (κ3) is 3.19. The summed E-state index contributed by atoms with van der Waals surface area (Å²) < 4.78 is 153. The Bertz CT molecular complexity index is 603. The van der Waals surface area contributed by atoms with E-state index < -0.39 is 77.6 Å². The summed E-state index contributed by atoms with van der Waals surface area (Å²) in [5.74, 6) is -25.3. The molecule has 0 N–H and O–H groups in total. The van der Waals surface area contributed by atoms with Crippen LogP contribution >= 0.6 is 38.5 Å². The van der Waals surface area contributed by atoms with Crippen LogP contribution in [0.25, 0.3) is 0 Å². The van der Waals surface area contributed by atoms with Crippen LogP contribution in [0.2, 0.25) is 0 Å². The maximum Gasteiger partial charge on any atom is 0.367 e. The second kappa shape index (κ2) is 6.09. The third-order valence-electron chi connectivity index (χ3n) is 2.61. The van der Waals surface area contributed by atoms with E-state index in [2.05, 4.69) is 0 Å². The van der Waals surface area contributed by atoms with Crippen molar-refractivity contribution in [3.63, 3.8) is 0 Å². The van der Waals surface area contributed by atoms with E-state index in [0.717, 1.165) is 15.9 Å². The Morgan fingerprint density at radius 2 is 0.875 bits per heavy atom. The van der Waals surface area contributed by atoms with Crippen LogP contribution < -0.4 is 0 Å². The zero-order valence-corrected chi connectivity index (χ0v) is 14.0. The average Bonchev–Trinajstić information content (AvgIpc) is 2.36. The maximum atomic E-state index is 13.5. The van der Waals surface area contributed by atoms with Crippen molar-refractivity contribution >= 4 is 38.5 Å². The van der Waals surface area contributed by atoms with Crippen molar-refractivity contribution in [3.8, 4) is 0 Å². The summed E-state index contributed by atoms with van der Waals surface area (Å²) >= 11 is 0.572. The Balaban J connectivity index is 4.11. The predicted molar refractivity (Wildman–Crippen MR) is 66.9 cm³/mol. The van der Waals surface area contributed by atoms with E-state index in [9.17, 15) is 52.7 Å². The highest BCUT2D eigenvalue weighted by atomic mass is 127. The standard InChI is InChI=1S/C10BrF12I/c11-9(20,21)7(16,17)1-2(8(18,19)10(22,23)24)4(13)6(15)5(14)3(1)12. The Kier molecular flexibility index (Phi) is 5.49. The van der Waals surface area contributed by atoms with Gasteiger partial charge in [0.1, 0.15) is 0 Å². The van der Waals surface area contributed by atoms with Gasteiger partial charge >= 0.3 is 20.6 Å². The molecule has 0 aliphatic heterocycles. The lowest BCUT2D eigenvalue weighted by Gasteiger charge is -2.30. The number of alkyl halides is 10. The van der Waals surface area contributed by atoms with Crippen LogP contribution in [-0.2, 0) is 11.8 Å². The lowest BCUT2D eigenvalue weighted by molar-refractivity contribution is -0.172. The van der Waals surface area contributed by atoms with Gasteiger partial charge < -0.3 is 0 Å². The van der Waals surface area contributed by atoms with Gasteiger partial charge in [-0.05, 0) is 15.9 Å². The van der Waals surface area contributed by atoms with E-state index >= 15 is 0 Å². The zero-order valence-electron chi connectivity index (χ0n) is 10.3. The monoisotopic (exact) mass is 554 g/mol. The molecule has 1 rings (SSSR count). The quantitative estimate of drug-likeness (QED) is 0.132. The first-order chi connectivity index (χ1) is 10.4. The SMILES string of the molecule is Fc1c(F)c(F)c(C(F)(F)C(F)(F)I)c(C(F)(F)C(F)(F)Br)c1F. The second-order valence-electron chi connectivity index (χ2n) is 4.15. The van der Waals surface area contributed by atoms with Crippen LogP contribution in [0.5, 0.6) is 0 Å². The molecule has 1 aromatic carbocycles. The molecule has 0 saturated heterocycles. The van der Waals surface area contributed by atoms with Gasteiger partial charge in [-0.2, -0.15) is 35.1 Å². The van der Waals surface area contributed by atoms with Gasteiger partial charge in [0, 0.05) is 22.6 Å². The molecule has 24 heavy (non-hydrogen) atoms. The van der Waals surface area contributed by atoms with Crippen molar-refractivity contribution in [3.05, 3.63) is 34.4 Å². The second-order valence-corrected chi connectivity index (χ2v) is 6.50. The summed E-state index contributed by atoms with van der Waals surface area (Å²) in [7, 11) is 0. The van der Waals surface area contributed by atoms with Crippen LogP contribution in [0, 0.1) is 23.3 Å². The molecular formula is C10BrF12I. The third-order valence-corrected chi connectivity index (χ3v) is 3.78. The van der Waals surface area contributed by atoms with Crippen LogP contribution in [-0.4, -0.2) is 8.76 Å². The predicted octanol–water partition coefficient (Wildman–Crippen LogP) is 6.44. The zero-order chi connectivity index (χ0) is 19.5. The molecule has 0 bridgehead atoms. The molecule has 0 aliphatic rings. The van der Waals surface area contributed by atoms with Crippen molar-refractivity contribution < 1.29 is 52.7 Å². The van der Waals surface area contributed by atoms with Crippen LogP contribution in [0.1, 0.15) is 11.1 Å². The maximum absolute atomic E-state index is 13.5. The van der Waals surface area contributed by atoms with E-state index in [1.54, 1.807) is 0 Å². The molecule has 0 saturated carbocycles. The molecular weight excluding hydrogens is 555 g/mol. The number of halogens is 14. The largest absolute Gasteiger partial charge is 0.367 e. The van der Waals surface area contributed by atoms with Gasteiger partial charge in [0.2, 0.25) is 0 Å². The normalized spacial score (nSPS) is 14.2. The summed E-state index contributed by atoms with van der Waals surface area (Å²) in [5, 5.41) is 0. The van der Waals surface area contributed by atoms with E-state index in [1.165, 1.54) is 0 Å². The van der Waals surface area contributed by atoms with Crippen molar-refractivity contribution in [1.82, 2.24) is 0 Å². The van der Waals surface area contributed by atoms with E-state index in [4.69, 9.17) is 0 Å². The highest BCUT2D eigenvalue weighted by Crippen LogP contribution is 2.56. The molecule has 1 aromatic rings. The van der Waals surface area contributed by atoms with E-state index in [0.29, 0.717) is 0 Å². The minimum atomic E-state index is -6.15. The fourth-order valence-corrected chi connectivity index (χ4v) is 1.97. The molecule has 0 amide bonds. The van der Waals surface area contributed by atoms with Gasteiger partial charge in [-0.3, -0.25) is 0 Å². The highest BCUT2D eigenvalue weighted by molar-refractivity contribution is 14.1. The Morgan fingerprint density at radius 1 is 0.583 bits per heavy atom. The molecule has 0 fully saturated rings. The lowest BCUT2D eigenvalue weighted by Crippen LogP contribution is -2.41. The number of rotatable bonds is 4. The highest BCUT2D eigenvalue weighted by Gasteiger charge is 2.66. The van der Waals surface area contributed by atoms with Gasteiger partial charge in [0.05, 0.1) is 11.1 Å². The lowest BCUT2D eigenvalue weighted by atomic mass is 9.94. The summed E-state index contributed by atoms with van der Waals surface area (Å²) in [4.78, 5) is -5.59. The molecule has 0 aliphatic carbocycles. The molecule has 14 heteroatoms. The van der Waals surface area contributed by atoms with Crippen LogP contribution in [0.3, 0.4) is 0 Å². The fourth-order valence-electron chi connectivity index (χ4n) is 1.50. The van der Waals surface area contributed by atoms with Gasteiger partial charge in [-0.25, -0.2) is 17.6 Å². The van der Waals surface area contributed by atoms with E-state index in [-0.39, 0.29) is 0 Å². The number of benzene rings is 1. The number of hydrogen-bond acceptors (Lipinski definition) is 0. The van der Waals surface area contributed by atoms with Crippen LogP contribution in [0.4, 0.5) is 52.7 Å². The first-order valence-corrected chi connectivity index (χ1v) is 7.02. The van der Waals surface area contributed by atoms with Crippen molar-refractivity contribution in [2.75, 3.05) is 0 Å². The van der Waals surface area contributed by atoms with Gasteiger partial charge in [-0.1, -0.05) is 0 Å². The van der Waals surface area contributed by atoms with Crippen molar-refractivity contribution in [2.24, 2.45) is 0 Å². The molecule has 0 atom stereocenters. The van der Waals surface area contributed by atoms with Gasteiger partial charge in [-0.15, -0.1) is 0 Å². The average molecular weight is 555 g/mol. The van der Waals surface area contributed by atoms with E-state index in [1.807, 2.05) is 0 Å². The molecule has 0 heterocycles. The minimum absolute atomic E-state index is 0.395. The topological polar surface area (TPSA) is 0 Å². The summed E-state index contributed by atoms with van der Waals surface area (Å²) in [6.45, 7) is 0. The number of hydrogen-bond donors (Lipinski definition) is 0. The first kappa shape index (κ1) is 21.6. The molecule has 0 spiro atoms. The van der Waals surface area contributed by atoms with Gasteiger partial charge in [0.15, 0.2) is 23.3 Å². The molecule has 138 valence electrons. The first-order valence-electron chi connectivity index (χ1n) is 5.15. The Labute approximate surface area is 146 Å². The molecule has 0 unspecified atom stereocenters. The molecule has 0 aromatic heterocycles.